The number of halogens is 2. The van der Waals surface area contributed by atoms with Gasteiger partial charge in [0.05, 0.1) is 0 Å². The second kappa shape index (κ2) is 11.3. The minimum Gasteiger partial charge on any atom is -0.347 e. The van der Waals surface area contributed by atoms with E-state index in [-0.39, 0.29) is 36.8 Å². The summed E-state index contributed by atoms with van der Waals surface area (Å²) in [5.41, 5.74) is 6.05. The molecule has 1 aromatic rings. The van der Waals surface area contributed by atoms with Gasteiger partial charge in [0.15, 0.2) is 0 Å². The Morgan fingerprint density at radius 1 is 1.44 bits per heavy atom. The maximum absolute atomic E-state index is 11.7. The quantitative estimate of drug-likeness (QED) is 0.845. The highest BCUT2D eigenvalue weighted by molar-refractivity contribution is 5.92. The normalized spacial score (nSPS) is 10.8. The Hall–Kier alpha value is -0.840. The molecule has 4 nitrogen and oxygen atoms in total. The number of pyridine rings is 1. The van der Waals surface area contributed by atoms with E-state index in [1.165, 1.54) is 0 Å². The summed E-state index contributed by atoms with van der Waals surface area (Å²) in [4.78, 5) is 15.7. The number of unbranched alkanes of at least 4 members (excludes halogenated alkanes) is 1. The Bertz CT molecular complexity index is 322. The van der Waals surface area contributed by atoms with Gasteiger partial charge in [0.2, 0.25) is 0 Å². The lowest BCUT2D eigenvalue weighted by molar-refractivity contribution is 0.0930. The zero-order chi connectivity index (χ0) is 11.8. The summed E-state index contributed by atoms with van der Waals surface area (Å²) >= 11 is 0. The van der Waals surface area contributed by atoms with Crippen LogP contribution in [0.5, 0.6) is 0 Å². The molecule has 1 rings (SSSR count). The van der Waals surface area contributed by atoms with Gasteiger partial charge in [-0.3, -0.25) is 9.78 Å². The van der Waals surface area contributed by atoms with Gasteiger partial charge in [-0.25, -0.2) is 0 Å². The highest BCUT2D eigenvalue weighted by Crippen LogP contribution is 2.01. The molecule has 6 heteroatoms. The number of hydrogen-bond donors (Lipinski definition) is 2. The van der Waals surface area contributed by atoms with Crippen molar-refractivity contribution < 1.29 is 4.79 Å². The molecule has 0 radical (unpaired) electrons. The van der Waals surface area contributed by atoms with Crippen molar-refractivity contribution in [1.82, 2.24) is 10.3 Å². The third kappa shape index (κ3) is 6.79. The summed E-state index contributed by atoms with van der Waals surface area (Å²) in [6.45, 7) is 2.59. The predicted octanol–water partition coefficient (Wildman–Crippen LogP) is 2.17. The van der Waals surface area contributed by atoms with Crippen molar-refractivity contribution in [2.24, 2.45) is 5.73 Å². The molecule has 0 spiro atoms. The number of carbonyl (C=O) groups excluding carboxylic acids is 1. The minimum atomic E-state index is -0.146. The lowest BCUT2D eigenvalue weighted by atomic mass is 10.1. The summed E-state index contributed by atoms with van der Waals surface area (Å²) < 4.78 is 0. The highest BCUT2D eigenvalue weighted by atomic mass is 35.5. The van der Waals surface area contributed by atoms with Crippen LogP contribution in [0.1, 0.15) is 36.7 Å². The topological polar surface area (TPSA) is 68.0 Å². The van der Waals surface area contributed by atoms with Crippen LogP contribution >= 0.6 is 24.8 Å². The van der Waals surface area contributed by atoms with E-state index in [1.54, 1.807) is 24.4 Å². The molecule has 104 valence electrons. The lowest BCUT2D eigenvalue weighted by Gasteiger charge is -2.15. The van der Waals surface area contributed by atoms with Gasteiger partial charge >= 0.3 is 0 Å². The minimum absolute atomic E-state index is 0. The molecule has 3 N–H and O–H groups in total. The first kappa shape index (κ1) is 19.5. The molecular weight excluding hydrogens is 273 g/mol. The third-order valence-corrected chi connectivity index (χ3v) is 2.42. The Labute approximate surface area is 121 Å². The van der Waals surface area contributed by atoms with Gasteiger partial charge in [-0.05, 0) is 18.6 Å². The van der Waals surface area contributed by atoms with Gasteiger partial charge in [-0.15, -0.1) is 24.8 Å². The Morgan fingerprint density at radius 3 is 2.67 bits per heavy atom. The van der Waals surface area contributed by atoms with Crippen LogP contribution in [-0.4, -0.2) is 23.5 Å². The summed E-state index contributed by atoms with van der Waals surface area (Å²) in [5, 5.41) is 2.89. The smallest absolute Gasteiger partial charge is 0.270 e. The predicted molar refractivity (Wildman–Crippen MR) is 78.6 cm³/mol. The second-order valence-corrected chi connectivity index (χ2v) is 3.76. The number of nitrogens with one attached hydrogen (secondary N) is 1. The number of aromatic nitrogens is 1. The molecule has 0 saturated heterocycles. The summed E-state index contributed by atoms with van der Waals surface area (Å²) in [5.74, 6) is -0.146. The molecule has 0 aliphatic heterocycles. The van der Waals surface area contributed by atoms with Crippen LogP contribution in [0.15, 0.2) is 24.4 Å². The van der Waals surface area contributed by atoms with Crippen molar-refractivity contribution in [2.45, 2.75) is 32.2 Å². The Balaban J connectivity index is 0. The number of nitrogens with two attached hydrogens (primary N) is 1. The molecule has 1 amide bonds. The van der Waals surface area contributed by atoms with Crippen molar-refractivity contribution in [3.8, 4) is 0 Å². The second-order valence-electron chi connectivity index (χ2n) is 3.76. The van der Waals surface area contributed by atoms with Gasteiger partial charge < -0.3 is 11.1 Å². The molecule has 0 aromatic carbocycles. The van der Waals surface area contributed by atoms with Crippen LogP contribution < -0.4 is 11.1 Å². The summed E-state index contributed by atoms with van der Waals surface area (Å²) in [7, 11) is 0. The maximum atomic E-state index is 11.7. The zero-order valence-electron chi connectivity index (χ0n) is 10.5. The first-order valence-electron chi connectivity index (χ1n) is 5.70. The molecule has 1 aromatic heterocycles. The summed E-state index contributed by atoms with van der Waals surface area (Å²) in [6, 6.07) is 5.33. The molecule has 0 aliphatic rings. The number of hydrogen-bond acceptors (Lipinski definition) is 3. The number of nitrogens with zero attached hydrogens (tertiary/aromatic N) is 1. The maximum Gasteiger partial charge on any atom is 0.270 e. The first-order chi connectivity index (χ1) is 7.77. The van der Waals surface area contributed by atoms with E-state index in [1.807, 2.05) is 0 Å². The van der Waals surface area contributed by atoms with Gasteiger partial charge in [0, 0.05) is 18.8 Å². The van der Waals surface area contributed by atoms with E-state index in [0.29, 0.717) is 12.2 Å². The van der Waals surface area contributed by atoms with Gasteiger partial charge in [-0.1, -0.05) is 25.8 Å². The molecule has 18 heavy (non-hydrogen) atoms. The van der Waals surface area contributed by atoms with Gasteiger partial charge in [-0.2, -0.15) is 0 Å². The van der Waals surface area contributed by atoms with Crippen molar-refractivity contribution in [1.29, 1.82) is 0 Å². The van der Waals surface area contributed by atoms with E-state index in [9.17, 15) is 4.79 Å². The fraction of sp³-hybridized carbons (Fsp3) is 0.500. The molecular formula is C12H21Cl2N3O. The monoisotopic (exact) mass is 293 g/mol. The molecule has 1 heterocycles. The van der Waals surface area contributed by atoms with Gasteiger partial charge in [0.1, 0.15) is 5.69 Å². The van der Waals surface area contributed by atoms with Crippen LogP contribution in [-0.2, 0) is 0 Å². The molecule has 0 saturated carbocycles. The van der Waals surface area contributed by atoms with Crippen molar-refractivity contribution >= 4 is 30.7 Å². The molecule has 1 atom stereocenters. The number of amides is 1. The summed E-state index contributed by atoms with van der Waals surface area (Å²) in [6.07, 6.45) is 4.71. The zero-order valence-corrected chi connectivity index (χ0v) is 12.1. The highest BCUT2D eigenvalue weighted by Gasteiger charge is 2.12. The number of carbonyl (C=O) groups is 1. The SMILES string of the molecule is CCCCC(CN)NC(=O)c1ccccn1.Cl.Cl. The van der Waals surface area contributed by atoms with E-state index in [4.69, 9.17) is 5.73 Å². The van der Waals surface area contributed by atoms with E-state index < -0.39 is 0 Å². The van der Waals surface area contributed by atoms with Crippen molar-refractivity contribution in [3.05, 3.63) is 30.1 Å². The fourth-order valence-corrected chi connectivity index (χ4v) is 1.46. The molecule has 1 unspecified atom stereocenters. The molecule has 0 bridgehead atoms. The van der Waals surface area contributed by atoms with E-state index in [0.717, 1.165) is 19.3 Å². The van der Waals surface area contributed by atoms with Crippen LogP contribution in [0.2, 0.25) is 0 Å². The average molecular weight is 294 g/mol. The van der Waals surface area contributed by atoms with E-state index >= 15 is 0 Å². The molecule has 0 fully saturated rings. The average Bonchev–Trinajstić information content (AvgIpc) is 2.35. The Morgan fingerprint density at radius 2 is 2.17 bits per heavy atom. The van der Waals surface area contributed by atoms with Crippen molar-refractivity contribution in [3.63, 3.8) is 0 Å². The lowest BCUT2D eigenvalue weighted by Crippen LogP contribution is -2.40. The van der Waals surface area contributed by atoms with Crippen LogP contribution in [0.25, 0.3) is 0 Å². The fourth-order valence-electron chi connectivity index (χ4n) is 1.46. The van der Waals surface area contributed by atoms with E-state index in [2.05, 4.69) is 17.2 Å². The van der Waals surface area contributed by atoms with Crippen LogP contribution in [0.3, 0.4) is 0 Å². The standard InChI is InChI=1S/C12H19N3O.2ClH/c1-2-3-6-10(9-13)15-12(16)11-7-4-5-8-14-11;;/h4-5,7-8,10H,2-3,6,9,13H2,1H3,(H,15,16);2*1H. The van der Waals surface area contributed by atoms with Crippen LogP contribution in [0.4, 0.5) is 0 Å². The largest absolute Gasteiger partial charge is 0.347 e. The third-order valence-electron chi connectivity index (χ3n) is 2.42. The van der Waals surface area contributed by atoms with Crippen LogP contribution in [0, 0.1) is 0 Å². The first-order valence-corrected chi connectivity index (χ1v) is 5.70. The number of rotatable bonds is 6. The molecule has 0 aliphatic carbocycles. The Kier molecular flexibility index (Phi) is 12.2. The van der Waals surface area contributed by atoms with Crippen molar-refractivity contribution in [2.75, 3.05) is 6.54 Å². The van der Waals surface area contributed by atoms with Gasteiger partial charge in [0.25, 0.3) is 5.91 Å².